The van der Waals surface area contributed by atoms with Crippen LogP contribution in [0, 0.1) is 13.8 Å². The van der Waals surface area contributed by atoms with Crippen LogP contribution in [-0.4, -0.2) is 47.4 Å². The lowest BCUT2D eigenvalue weighted by molar-refractivity contribution is -0.116. The first-order chi connectivity index (χ1) is 11.8. The summed E-state index contributed by atoms with van der Waals surface area (Å²) in [5.74, 6) is -0.450. The predicted molar refractivity (Wildman–Crippen MR) is 96.1 cm³/mol. The van der Waals surface area contributed by atoms with Crippen molar-refractivity contribution in [2.24, 2.45) is 0 Å². The third kappa shape index (κ3) is 3.55. The van der Waals surface area contributed by atoms with Gasteiger partial charge in [-0.2, -0.15) is 9.40 Å². The summed E-state index contributed by atoms with van der Waals surface area (Å²) < 4.78 is 26.8. The SMILES string of the molecule is Cc1cc(S(=O)(=O)N(C)CC(=O)Nc2ncc(C)s2)c2[nH]ncc2c1. The topological polar surface area (TPSA) is 108 Å². The maximum absolute atomic E-state index is 12.9. The molecule has 2 heterocycles. The van der Waals surface area contributed by atoms with Crippen molar-refractivity contribution < 1.29 is 13.2 Å². The fourth-order valence-electron chi connectivity index (χ4n) is 2.40. The van der Waals surface area contributed by atoms with Crippen LogP contribution in [-0.2, 0) is 14.8 Å². The molecule has 0 aliphatic rings. The Morgan fingerprint density at radius 2 is 2.08 bits per heavy atom. The first kappa shape index (κ1) is 17.5. The minimum absolute atomic E-state index is 0.0976. The second-order valence-electron chi connectivity index (χ2n) is 5.68. The first-order valence-electron chi connectivity index (χ1n) is 7.40. The van der Waals surface area contributed by atoms with Gasteiger partial charge in [0.15, 0.2) is 5.13 Å². The number of rotatable bonds is 5. The van der Waals surface area contributed by atoms with Crippen LogP contribution in [0.25, 0.3) is 10.9 Å². The standard InChI is InChI=1S/C15H17N5O3S2/c1-9-4-11-7-17-19-14(11)12(5-9)25(22,23)20(3)8-13(21)18-15-16-6-10(2)24-15/h4-7H,8H2,1-3H3,(H,17,19)(H,16,18,21). The zero-order valence-electron chi connectivity index (χ0n) is 13.9. The molecule has 0 fully saturated rings. The van der Waals surface area contributed by atoms with E-state index in [2.05, 4.69) is 20.5 Å². The summed E-state index contributed by atoms with van der Waals surface area (Å²) in [7, 11) is -2.49. The Kier molecular flexibility index (Phi) is 4.58. The van der Waals surface area contributed by atoms with Gasteiger partial charge >= 0.3 is 0 Å². The molecule has 2 N–H and O–H groups in total. The molecule has 1 aromatic carbocycles. The van der Waals surface area contributed by atoms with Gasteiger partial charge in [0.1, 0.15) is 4.90 Å². The van der Waals surface area contributed by atoms with Crippen molar-refractivity contribution in [2.75, 3.05) is 18.9 Å². The van der Waals surface area contributed by atoms with Crippen LogP contribution in [0.15, 0.2) is 29.4 Å². The maximum Gasteiger partial charge on any atom is 0.245 e. The van der Waals surface area contributed by atoms with Crippen LogP contribution in [0.4, 0.5) is 5.13 Å². The summed E-state index contributed by atoms with van der Waals surface area (Å²) in [4.78, 5) is 17.2. The highest BCUT2D eigenvalue weighted by molar-refractivity contribution is 7.89. The number of amides is 1. The van der Waals surface area contributed by atoms with E-state index >= 15 is 0 Å². The summed E-state index contributed by atoms with van der Waals surface area (Å²) >= 11 is 1.33. The lowest BCUT2D eigenvalue weighted by Gasteiger charge is -2.17. The molecular weight excluding hydrogens is 362 g/mol. The number of sulfonamides is 1. The minimum Gasteiger partial charge on any atom is -0.301 e. The number of nitrogens with zero attached hydrogens (tertiary/aromatic N) is 3. The third-order valence-corrected chi connectivity index (χ3v) is 6.23. The summed E-state index contributed by atoms with van der Waals surface area (Å²) in [6.07, 6.45) is 3.21. The zero-order valence-corrected chi connectivity index (χ0v) is 15.5. The molecular formula is C15H17N5O3S2. The summed E-state index contributed by atoms with van der Waals surface area (Å²) in [6.45, 7) is 3.37. The van der Waals surface area contributed by atoms with Crippen molar-refractivity contribution in [2.45, 2.75) is 18.7 Å². The number of nitrogens with one attached hydrogen (secondary N) is 2. The lowest BCUT2D eigenvalue weighted by Crippen LogP contribution is -2.35. The van der Waals surface area contributed by atoms with E-state index in [1.807, 2.05) is 19.9 Å². The Balaban J connectivity index is 1.83. The molecule has 10 heteroatoms. The molecule has 1 amide bonds. The van der Waals surface area contributed by atoms with Crippen molar-refractivity contribution in [1.82, 2.24) is 19.5 Å². The Morgan fingerprint density at radius 3 is 2.76 bits per heavy atom. The number of likely N-dealkylation sites (N-methyl/N-ethyl adjacent to an activating group) is 1. The highest BCUT2D eigenvalue weighted by Crippen LogP contribution is 2.25. The van der Waals surface area contributed by atoms with E-state index in [1.54, 1.807) is 18.5 Å². The monoisotopic (exact) mass is 379 g/mol. The van der Waals surface area contributed by atoms with E-state index in [-0.39, 0.29) is 11.4 Å². The van der Waals surface area contributed by atoms with E-state index < -0.39 is 15.9 Å². The van der Waals surface area contributed by atoms with Crippen LogP contribution < -0.4 is 5.32 Å². The van der Waals surface area contributed by atoms with Gasteiger partial charge in [-0.15, -0.1) is 11.3 Å². The summed E-state index contributed by atoms with van der Waals surface area (Å²) in [6, 6.07) is 3.41. The predicted octanol–water partition coefficient (Wildman–Crippen LogP) is 1.90. The Morgan fingerprint density at radius 1 is 1.32 bits per heavy atom. The van der Waals surface area contributed by atoms with Crippen molar-refractivity contribution >= 4 is 43.3 Å². The number of thiazole rings is 1. The van der Waals surface area contributed by atoms with Gasteiger partial charge in [0, 0.05) is 23.5 Å². The summed E-state index contributed by atoms with van der Waals surface area (Å²) in [5, 5.41) is 10.4. The number of aromatic amines is 1. The molecule has 0 atom stereocenters. The number of carbonyl (C=O) groups is 1. The van der Waals surface area contributed by atoms with E-state index in [0.29, 0.717) is 16.0 Å². The number of fused-ring (bicyclic) bond motifs is 1. The molecule has 0 radical (unpaired) electrons. The number of benzene rings is 1. The van der Waals surface area contributed by atoms with E-state index in [9.17, 15) is 13.2 Å². The fraction of sp³-hybridized carbons (Fsp3) is 0.267. The molecule has 3 rings (SSSR count). The molecule has 8 nitrogen and oxygen atoms in total. The highest BCUT2D eigenvalue weighted by Gasteiger charge is 2.26. The van der Waals surface area contributed by atoms with E-state index in [4.69, 9.17) is 0 Å². The third-order valence-electron chi connectivity index (χ3n) is 3.58. The van der Waals surface area contributed by atoms with Crippen LogP contribution in [0.5, 0.6) is 0 Å². The van der Waals surface area contributed by atoms with Gasteiger partial charge in [0.25, 0.3) is 0 Å². The second kappa shape index (κ2) is 6.54. The second-order valence-corrected chi connectivity index (χ2v) is 8.93. The Labute approximate surface area is 148 Å². The van der Waals surface area contributed by atoms with Crippen molar-refractivity contribution in [3.05, 3.63) is 35.0 Å². The molecule has 0 saturated carbocycles. The van der Waals surface area contributed by atoms with Crippen molar-refractivity contribution in [3.8, 4) is 0 Å². The molecule has 25 heavy (non-hydrogen) atoms. The smallest absolute Gasteiger partial charge is 0.245 e. The molecule has 0 spiro atoms. The number of hydrogen-bond donors (Lipinski definition) is 2. The normalized spacial score (nSPS) is 12.0. The number of aryl methyl sites for hydroxylation is 2. The lowest BCUT2D eigenvalue weighted by atomic mass is 10.2. The quantitative estimate of drug-likeness (QED) is 0.704. The Hall–Kier alpha value is -2.30. The van der Waals surface area contributed by atoms with Gasteiger partial charge in [0.05, 0.1) is 18.3 Å². The number of hydrogen-bond acceptors (Lipinski definition) is 6. The maximum atomic E-state index is 12.9. The van der Waals surface area contributed by atoms with Gasteiger partial charge in [-0.3, -0.25) is 9.89 Å². The van der Waals surface area contributed by atoms with Crippen LogP contribution in [0.3, 0.4) is 0 Å². The molecule has 3 aromatic rings. The van der Waals surface area contributed by atoms with Crippen molar-refractivity contribution in [1.29, 1.82) is 0 Å². The van der Waals surface area contributed by atoms with E-state index in [1.165, 1.54) is 18.4 Å². The minimum atomic E-state index is -3.86. The molecule has 0 aliphatic carbocycles. The fourth-order valence-corrected chi connectivity index (χ4v) is 4.46. The molecule has 0 aliphatic heterocycles. The average molecular weight is 379 g/mol. The summed E-state index contributed by atoms with van der Waals surface area (Å²) in [5.41, 5.74) is 1.22. The molecule has 0 saturated heterocycles. The number of anilines is 1. The van der Waals surface area contributed by atoms with Gasteiger partial charge in [0.2, 0.25) is 15.9 Å². The number of carbonyl (C=O) groups excluding carboxylic acids is 1. The van der Waals surface area contributed by atoms with Gasteiger partial charge in [-0.25, -0.2) is 13.4 Å². The zero-order chi connectivity index (χ0) is 18.2. The van der Waals surface area contributed by atoms with Gasteiger partial charge in [-0.1, -0.05) is 0 Å². The Bertz CT molecular complexity index is 1040. The van der Waals surface area contributed by atoms with E-state index in [0.717, 1.165) is 14.7 Å². The number of H-pyrrole nitrogens is 1. The largest absolute Gasteiger partial charge is 0.301 e. The molecule has 132 valence electrons. The van der Waals surface area contributed by atoms with Crippen molar-refractivity contribution in [3.63, 3.8) is 0 Å². The van der Waals surface area contributed by atoms with Gasteiger partial charge in [-0.05, 0) is 31.5 Å². The average Bonchev–Trinajstić information content (AvgIpc) is 3.14. The van der Waals surface area contributed by atoms with Crippen LogP contribution >= 0.6 is 11.3 Å². The van der Waals surface area contributed by atoms with Crippen LogP contribution in [0.2, 0.25) is 0 Å². The van der Waals surface area contributed by atoms with Gasteiger partial charge < -0.3 is 5.32 Å². The molecule has 0 unspecified atom stereocenters. The highest BCUT2D eigenvalue weighted by atomic mass is 32.2. The molecule has 0 bridgehead atoms. The molecule has 2 aromatic heterocycles. The first-order valence-corrected chi connectivity index (χ1v) is 9.65. The van der Waals surface area contributed by atoms with Crippen LogP contribution in [0.1, 0.15) is 10.4 Å². The number of aromatic nitrogens is 3.